The fraction of sp³-hybridized carbons (Fsp3) is 0.923. The molecule has 0 aliphatic carbocycles. The van der Waals surface area contributed by atoms with Gasteiger partial charge in [0, 0.05) is 0 Å². The summed E-state index contributed by atoms with van der Waals surface area (Å²) in [5.74, 6) is 0. The summed E-state index contributed by atoms with van der Waals surface area (Å²) >= 11 is 0. The lowest BCUT2D eigenvalue weighted by Crippen LogP contribution is -2.37. The van der Waals surface area contributed by atoms with Gasteiger partial charge in [0.25, 0.3) is 7.82 Å². The molecular weight excluding hydrogens is 453 g/mol. The highest BCUT2D eigenvalue weighted by atomic mass is 31.2. The normalized spacial score (nSPS) is 15.0. The van der Waals surface area contributed by atoms with Gasteiger partial charge in [-0.2, -0.15) is 0 Å². The van der Waals surface area contributed by atoms with E-state index < -0.39 is 13.9 Å². The first-order chi connectivity index (χ1) is 16.2. The quantitative estimate of drug-likeness (QED) is 0.0710. The van der Waals surface area contributed by atoms with E-state index in [1.54, 1.807) is 6.26 Å². The zero-order valence-corrected chi connectivity index (χ0v) is 23.4. The Morgan fingerprint density at radius 3 is 1.82 bits per heavy atom. The van der Waals surface area contributed by atoms with Crippen molar-refractivity contribution in [2.45, 2.75) is 109 Å². The first-order valence-electron chi connectivity index (χ1n) is 13.5. The summed E-state index contributed by atoms with van der Waals surface area (Å²) in [5, 5.41) is 9.80. The molecule has 0 radical (unpaired) electrons. The predicted octanol–water partition coefficient (Wildman–Crippen LogP) is 5.96. The van der Waals surface area contributed by atoms with E-state index in [9.17, 15) is 14.6 Å². The molecule has 7 nitrogen and oxygen atoms in total. The summed E-state index contributed by atoms with van der Waals surface area (Å²) < 4.78 is 27.0. The van der Waals surface area contributed by atoms with Crippen LogP contribution < -0.4 is 4.89 Å². The van der Waals surface area contributed by atoms with Crippen LogP contribution in [0.15, 0.2) is 12.3 Å². The molecule has 0 aromatic rings. The van der Waals surface area contributed by atoms with Crippen LogP contribution in [0.4, 0.5) is 0 Å². The lowest BCUT2D eigenvalue weighted by atomic mass is 10.0. The van der Waals surface area contributed by atoms with Gasteiger partial charge in [-0.05, 0) is 18.9 Å². The lowest BCUT2D eigenvalue weighted by molar-refractivity contribution is -0.870. The van der Waals surface area contributed by atoms with Gasteiger partial charge >= 0.3 is 0 Å². The van der Waals surface area contributed by atoms with E-state index in [1.165, 1.54) is 83.5 Å². The zero-order chi connectivity index (χ0) is 25.5. The van der Waals surface area contributed by atoms with Crippen LogP contribution in [0.2, 0.25) is 0 Å². The minimum atomic E-state index is -4.40. The third-order valence-electron chi connectivity index (χ3n) is 5.64. The van der Waals surface area contributed by atoms with Crippen molar-refractivity contribution < 1.29 is 32.8 Å². The molecule has 0 aromatic carbocycles. The third kappa shape index (κ3) is 26.2. The van der Waals surface area contributed by atoms with Gasteiger partial charge in [-0.25, -0.2) is 0 Å². The summed E-state index contributed by atoms with van der Waals surface area (Å²) in [5.41, 5.74) is 0. The van der Waals surface area contributed by atoms with Gasteiger partial charge in [0.15, 0.2) is 0 Å². The average molecular weight is 508 g/mol. The number of nitrogens with zero attached hydrogens (tertiary/aromatic N) is 1. The molecule has 0 aliphatic heterocycles. The number of ether oxygens (including phenoxy) is 1. The monoisotopic (exact) mass is 507 g/mol. The molecule has 1 N–H and O–H groups in total. The Labute approximate surface area is 210 Å². The van der Waals surface area contributed by atoms with E-state index in [1.807, 2.05) is 27.2 Å². The lowest BCUT2D eigenvalue weighted by Gasteiger charge is -2.27. The molecule has 0 amide bonds. The fourth-order valence-electron chi connectivity index (χ4n) is 3.45. The van der Waals surface area contributed by atoms with E-state index in [0.717, 1.165) is 12.8 Å². The molecule has 204 valence electrons. The third-order valence-corrected chi connectivity index (χ3v) is 6.61. The van der Waals surface area contributed by atoms with Gasteiger partial charge in [0.2, 0.25) is 0 Å². The van der Waals surface area contributed by atoms with Crippen LogP contribution in [0.1, 0.15) is 103 Å². The number of aliphatic hydroxyl groups is 1. The van der Waals surface area contributed by atoms with Gasteiger partial charge < -0.3 is 28.3 Å². The summed E-state index contributed by atoms with van der Waals surface area (Å²) in [7, 11) is 1.41. The van der Waals surface area contributed by atoms with Crippen molar-refractivity contribution in [1.29, 1.82) is 0 Å². The number of phosphoric acid groups is 1. The van der Waals surface area contributed by atoms with Crippen molar-refractivity contribution in [3.05, 3.63) is 12.3 Å². The number of hydrogen-bond donors (Lipinski definition) is 1. The molecule has 8 heteroatoms. The first kappa shape index (κ1) is 33.6. The van der Waals surface area contributed by atoms with E-state index in [-0.39, 0.29) is 19.8 Å². The Hall–Kier alpha value is -0.430. The summed E-state index contributed by atoms with van der Waals surface area (Å²) in [6.45, 7) is 2.44. The maximum atomic E-state index is 11.7. The maximum absolute atomic E-state index is 11.7. The highest BCUT2D eigenvalue weighted by Crippen LogP contribution is 2.38. The highest BCUT2D eigenvalue weighted by molar-refractivity contribution is 7.45. The Morgan fingerprint density at radius 2 is 1.32 bits per heavy atom. The molecule has 0 heterocycles. The summed E-state index contributed by atoms with van der Waals surface area (Å²) in [6.07, 6.45) is 22.3. The van der Waals surface area contributed by atoms with Crippen molar-refractivity contribution in [2.24, 2.45) is 0 Å². The van der Waals surface area contributed by atoms with Crippen molar-refractivity contribution in [1.82, 2.24) is 0 Å². The Bertz CT molecular complexity index is 524. The molecule has 0 rings (SSSR count). The Morgan fingerprint density at radius 1 is 0.824 bits per heavy atom. The predicted molar refractivity (Wildman–Crippen MR) is 138 cm³/mol. The number of aliphatic hydroxyl groups excluding tert-OH is 1. The van der Waals surface area contributed by atoms with Crippen LogP contribution >= 0.6 is 7.82 Å². The molecule has 0 saturated heterocycles. The number of likely N-dealkylation sites (N-methyl/N-ethyl adjacent to an activating group) is 1. The molecule has 0 aliphatic rings. The summed E-state index contributed by atoms with van der Waals surface area (Å²) in [4.78, 5) is 11.7. The van der Waals surface area contributed by atoms with Crippen molar-refractivity contribution in [2.75, 3.05) is 47.5 Å². The Balaban J connectivity index is 3.46. The molecule has 0 bridgehead atoms. The molecule has 0 aromatic heterocycles. The minimum absolute atomic E-state index is 0.0197. The molecule has 0 saturated carbocycles. The molecule has 34 heavy (non-hydrogen) atoms. The van der Waals surface area contributed by atoms with E-state index in [4.69, 9.17) is 13.8 Å². The number of allylic oxidation sites excluding steroid dienone is 1. The standard InChI is InChI=1S/C26H54NO6P/c1-5-6-7-8-9-10-11-12-13-14-15-16-17-18-19-20-22-31-24-26(28)25-33-34(29,30)32-23-21-27(2,3)4/h20,22,26,28H,5-19,21,23-25H2,1-4H3. The van der Waals surface area contributed by atoms with Crippen LogP contribution in [0.5, 0.6) is 0 Å². The number of unbranched alkanes of at least 4 members (excludes halogenated alkanes) is 14. The van der Waals surface area contributed by atoms with Crippen LogP contribution in [0.25, 0.3) is 0 Å². The first-order valence-corrected chi connectivity index (χ1v) is 15.0. The second kappa shape index (κ2) is 21.8. The maximum Gasteiger partial charge on any atom is 0.268 e. The number of quaternary nitrogens is 1. The number of rotatable bonds is 25. The van der Waals surface area contributed by atoms with Gasteiger partial charge in [-0.3, -0.25) is 4.57 Å². The minimum Gasteiger partial charge on any atom is -0.756 e. The van der Waals surface area contributed by atoms with Gasteiger partial charge in [-0.15, -0.1) is 0 Å². The summed E-state index contributed by atoms with van der Waals surface area (Å²) in [6, 6.07) is 0. The molecule has 2 unspecified atom stereocenters. The molecular formula is C26H54NO6P. The zero-order valence-electron chi connectivity index (χ0n) is 22.5. The van der Waals surface area contributed by atoms with E-state index in [2.05, 4.69) is 6.92 Å². The van der Waals surface area contributed by atoms with Gasteiger partial charge in [-0.1, -0.05) is 90.4 Å². The largest absolute Gasteiger partial charge is 0.756 e. The van der Waals surface area contributed by atoms with Crippen LogP contribution in [-0.2, 0) is 18.3 Å². The molecule has 0 fully saturated rings. The van der Waals surface area contributed by atoms with Crippen LogP contribution in [0.3, 0.4) is 0 Å². The smallest absolute Gasteiger partial charge is 0.268 e. The Kier molecular flexibility index (Phi) is 21.5. The fourth-order valence-corrected chi connectivity index (χ4v) is 4.18. The molecule has 0 spiro atoms. The van der Waals surface area contributed by atoms with E-state index in [0.29, 0.717) is 11.0 Å². The molecule has 2 atom stereocenters. The van der Waals surface area contributed by atoms with Gasteiger partial charge in [0.1, 0.15) is 25.9 Å². The van der Waals surface area contributed by atoms with E-state index >= 15 is 0 Å². The highest BCUT2D eigenvalue weighted by Gasteiger charge is 2.15. The van der Waals surface area contributed by atoms with Gasteiger partial charge in [0.05, 0.1) is 34.0 Å². The van der Waals surface area contributed by atoms with Crippen molar-refractivity contribution in [3.8, 4) is 0 Å². The van der Waals surface area contributed by atoms with Crippen molar-refractivity contribution >= 4 is 7.82 Å². The number of hydrogen-bond acceptors (Lipinski definition) is 6. The van der Waals surface area contributed by atoms with Crippen LogP contribution in [-0.4, -0.2) is 63.2 Å². The average Bonchev–Trinajstić information content (AvgIpc) is 2.76. The number of phosphoric ester groups is 1. The topological polar surface area (TPSA) is 88.0 Å². The second-order valence-electron chi connectivity index (χ2n) is 10.3. The van der Waals surface area contributed by atoms with Crippen LogP contribution in [0, 0.1) is 0 Å². The van der Waals surface area contributed by atoms with Crippen molar-refractivity contribution in [3.63, 3.8) is 0 Å². The SMILES string of the molecule is CCCCCCCCCCCCCCCCC=COCC(O)COP(=O)([O-])OCC[N+](C)(C)C. The second-order valence-corrected chi connectivity index (χ2v) is 11.7.